The van der Waals surface area contributed by atoms with Crippen molar-refractivity contribution in [3.8, 4) is 11.3 Å². The van der Waals surface area contributed by atoms with E-state index < -0.39 is 11.4 Å². The number of thioether (sulfide) groups is 1. The Labute approximate surface area is 151 Å². The molecule has 0 saturated carbocycles. The van der Waals surface area contributed by atoms with Gasteiger partial charge in [-0.2, -0.15) is 13.2 Å². The maximum absolute atomic E-state index is 12.6. The molecule has 0 bridgehead atoms. The molecule has 2 aromatic carbocycles. The van der Waals surface area contributed by atoms with Crippen molar-refractivity contribution in [1.29, 1.82) is 0 Å². The number of anilines is 1. The number of nitrogens with one attached hydrogen (secondary N) is 1. The zero-order chi connectivity index (χ0) is 18.7. The van der Waals surface area contributed by atoms with Crippen LogP contribution in [0.5, 0.6) is 0 Å². The lowest BCUT2D eigenvalue weighted by Gasteiger charge is -2.08. The molecule has 134 valence electrons. The molecule has 1 aromatic heterocycles. The third-order valence-electron chi connectivity index (χ3n) is 3.48. The van der Waals surface area contributed by atoms with Crippen molar-refractivity contribution in [1.82, 2.24) is 5.16 Å². The van der Waals surface area contributed by atoms with E-state index in [-0.39, 0.29) is 22.2 Å². The van der Waals surface area contributed by atoms with Gasteiger partial charge in [0.05, 0.1) is 0 Å². The van der Waals surface area contributed by atoms with E-state index in [0.717, 1.165) is 5.56 Å². The number of halogens is 3. The maximum atomic E-state index is 12.6. The van der Waals surface area contributed by atoms with Crippen LogP contribution < -0.4 is 5.32 Å². The standard InChI is InChI=1S/C18H13F3N2O2S/c1-11-15(16(23-25-11)12-5-3-2-4-6-12)17(24)22-13-7-9-14(10-8-13)26-18(19,20)21/h2-10H,1H3,(H,22,24). The number of carbonyl (C=O) groups excluding carboxylic acids is 1. The Morgan fingerprint density at radius 1 is 1.08 bits per heavy atom. The van der Waals surface area contributed by atoms with Crippen LogP contribution in [0.4, 0.5) is 18.9 Å². The van der Waals surface area contributed by atoms with E-state index in [2.05, 4.69) is 10.5 Å². The molecule has 1 amide bonds. The molecule has 0 aliphatic carbocycles. The first-order valence-corrected chi connectivity index (χ1v) is 8.34. The Morgan fingerprint density at radius 3 is 2.35 bits per heavy atom. The number of hydrogen-bond donors (Lipinski definition) is 1. The van der Waals surface area contributed by atoms with Crippen molar-refractivity contribution in [2.75, 3.05) is 5.32 Å². The lowest BCUT2D eigenvalue weighted by molar-refractivity contribution is -0.0328. The Hall–Kier alpha value is -2.74. The van der Waals surface area contributed by atoms with E-state index in [0.29, 0.717) is 17.1 Å². The van der Waals surface area contributed by atoms with Crippen molar-refractivity contribution < 1.29 is 22.5 Å². The highest BCUT2D eigenvalue weighted by atomic mass is 32.2. The summed E-state index contributed by atoms with van der Waals surface area (Å²) in [6.45, 7) is 1.62. The molecular weight excluding hydrogens is 365 g/mol. The molecule has 0 atom stereocenters. The zero-order valence-corrected chi connectivity index (χ0v) is 14.3. The minimum atomic E-state index is -4.35. The molecule has 0 aliphatic rings. The molecule has 1 N–H and O–H groups in total. The van der Waals surface area contributed by atoms with Crippen molar-refractivity contribution in [2.45, 2.75) is 17.3 Å². The summed E-state index contributed by atoms with van der Waals surface area (Å²) in [5.74, 6) is -0.0931. The summed E-state index contributed by atoms with van der Waals surface area (Å²) in [6.07, 6.45) is 0. The van der Waals surface area contributed by atoms with Gasteiger partial charge in [-0.1, -0.05) is 35.5 Å². The van der Waals surface area contributed by atoms with Crippen LogP contribution >= 0.6 is 11.8 Å². The summed E-state index contributed by atoms with van der Waals surface area (Å²) >= 11 is -0.209. The molecule has 0 aliphatic heterocycles. The molecule has 26 heavy (non-hydrogen) atoms. The molecule has 0 fully saturated rings. The van der Waals surface area contributed by atoms with Gasteiger partial charge < -0.3 is 9.84 Å². The Bertz CT molecular complexity index is 906. The molecule has 3 aromatic rings. The van der Waals surface area contributed by atoms with Crippen LogP contribution in [-0.4, -0.2) is 16.6 Å². The zero-order valence-electron chi connectivity index (χ0n) is 13.5. The van der Waals surface area contributed by atoms with Crippen molar-refractivity contribution >= 4 is 23.4 Å². The maximum Gasteiger partial charge on any atom is 0.446 e. The van der Waals surface area contributed by atoms with Gasteiger partial charge in [0.1, 0.15) is 17.0 Å². The van der Waals surface area contributed by atoms with Crippen LogP contribution in [0.15, 0.2) is 64.0 Å². The molecular formula is C18H13F3N2O2S. The third kappa shape index (κ3) is 4.26. The lowest BCUT2D eigenvalue weighted by Crippen LogP contribution is -2.13. The summed E-state index contributed by atoms with van der Waals surface area (Å²) in [4.78, 5) is 12.7. The van der Waals surface area contributed by atoms with Crippen molar-refractivity contribution in [3.63, 3.8) is 0 Å². The number of aromatic nitrogens is 1. The fraction of sp³-hybridized carbons (Fsp3) is 0.111. The molecule has 8 heteroatoms. The Kier molecular flexibility index (Phi) is 5.03. The van der Waals surface area contributed by atoms with Crippen LogP contribution in [0.3, 0.4) is 0 Å². The number of aryl methyl sites for hydroxylation is 1. The lowest BCUT2D eigenvalue weighted by atomic mass is 10.1. The average molecular weight is 378 g/mol. The summed E-state index contributed by atoms with van der Waals surface area (Å²) in [7, 11) is 0. The number of hydrogen-bond acceptors (Lipinski definition) is 4. The quantitative estimate of drug-likeness (QED) is 0.608. The van der Waals surface area contributed by atoms with E-state index in [4.69, 9.17) is 4.52 Å². The van der Waals surface area contributed by atoms with Gasteiger partial charge in [-0.3, -0.25) is 4.79 Å². The first kappa shape index (κ1) is 18.1. The summed E-state index contributed by atoms with van der Waals surface area (Å²) in [5.41, 5.74) is -2.56. The predicted molar refractivity (Wildman–Crippen MR) is 93.0 cm³/mol. The van der Waals surface area contributed by atoms with E-state index in [1.165, 1.54) is 24.3 Å². The number of benzene rings is 2. The molecule has 3 rings (SSSR count). The predicted octanol–water partition coefficient (Wildman–Crippen LogP) is 5.51. The molecule has 0 spiro atoms. The molecule has 0 radical (unpaired) electrons. The van der Waals surface area contributed by atoms with Gasteiger partial charge in [-0.15, -0.1) is 0 Å². The second-order valence-electron chi connectivity index (χ2n) is 5.35. The number of rotatable bonds is 4. The first-order valence-electron chi connectivity index (χ1n) is 7.52. The second-order valence-corrected chi connectivity index (χ2v) is 6.49. The minimum absolute atomic E-state index is 0.0432. The van der Waals surface area contributed by atoms with Gasteiger partial charge in [0.25, 0.3) is 5.91 Å². The normalized spacial score (nSPS) is 11.4. The Morgan fingerprint density at radius 2 is 1.73 bits per heavy atom. The fourth-order valence-corrected chi connectivity index (χ4v) is 2.91. The molecule has 0 unspecified atom stereocenters. The highest BCUT2D eigenvalue weighted by Gasteiger charge is 2.29. The van der Waals surface area contributed by atoms with Crippen LogP contribution in [0.2, 0.25) is 0 Å². The average Bonchev–Trinajstić information content (AvgIpc) is 2.98. The van der Waals surface area contributed by atoms with Gasteiger partial charge in [-0.25, -0.2) is 0 Å². The van der Waals surface area contributed by atoms with E-state index in [1.54, 1.807) is 19.1 Å². The van der Waals surface area contributed by atoms with E-state index in [9.17, 15) is 18.0 Å². The number of carbonyl (C=O) groups is 1. The first-order chi connectivity index (χ1) is 12.3. The monoisotopic (exact) mass is 378 g/mol. The van der Waals surface area contributed by atoms with Gasteiger partial charge in [0.2, 0.25) is 0 Å². The van der Waals surface area contributed by atoms with Crippen LogP contribution in [0.25, 0.3) is 11.3 Å². The Balaban J connectivity index is 1.80. The van der Waals surface area contributed by atoms with Crippen LogP contribution in [-0.2, 0) is 0 Å². The third-order valence-corrected chi connectivity index (χ3v) is 4.22. The van der Waals surface area contributed by atoms with Gasteiger partial charge in [0.15, 0.2) is 0 Å². The topological polar surface area (TPSA) is 55.1 Å². The second kappa shape index (κ2) is 7.25. The highest BCUT2D eigenvalue weighted by Crippen LogP contribution is 2.37. The highest BCUT2D eigenvalue weighted by molar-refractivity contribution is 8.00. The molecule has 4 nitrogen and oxygen atoms in total. The molecule has 0 saturated heterocycles. The van der Waals surface area contributed by atoms with Crippen molar-refractivity contribution in [3.05, 3.63) is 65.9 Å². The minimum Gasteiger partial charge on any atom is -0.360 e. The summed E-state index contributed by atoms with van der Waals surface area (Å²) < 4.78 is 42.2. The van der Waals surface area contributed by atoms with Gasteiger partial charge >= 0.3 is 5.51 Å². The molecule has 1 heterocycles. The van der Waals surface area contributed by atoms with E-state index >= 15 is 0 Å². The SMILES string of the molecule is Cc1onc(-c2ccccc2)c1C(=O)Nc1ccc(SC(F)(F)F)cc1. The van der Waals surface area contributed by atoms with Crippen molar-refractivity contribution in [2.24, 2.45) is 0 Å². The number of amides is 1. The summed E-state index contributed by atoms with van der Waals surface area (Å²) in [6, 6.07) is 14.5. The van der Waals surface area contributed by atoms with Crippen LogP contribution in [0, 0.1) is 6.92 Å². The fourth-order valence-electron chi connectivity index (χ4n) is 2.37. The van der Waals surface area contributed by atoms with Gasteiger partial charge in [-0.05, 0) is 43.0 Å². The smallest absolute Gasteiger partial charge is 0.360 e. The largest absolute Gasteiger partial charge is 0.446 e. The summed E-state index contributed by atoms with van der Waals surface area (Å²) in [5, 5.41) is 6.59. The van der Waals surface area contributed by atoms with Crippen LogP contribution in [0.1, 0.15) is 16.1 Å². The number of alkyl halides is 3. The van der Waals surface area contributed by atoms with Gasteiger partial charge in [0, 0.05) is 16.1 Å². The number of nitrogens with zero attached hydrogens (tertiary/aromatic N) is 1. The van der Waals surface area contributed by atoms with E-state index in [1.807, 2.05) is 18.2 Å².